The molecule has 0 saturated carbocycles. The zero-order valence-electron chi connectivity index (χ0n) is 49.6. The number of esters is 3. The molecule has 0 rings (SSSR count). The number of carbonyl (C=O) groups excluding carboxylic acids is 3. The van der Waals surface area contributed by atoms with Crippen LogP contribution in [0.1, 0.15) is 316 Å². The molecule has 1 unspecified atom stereocenters. The highest BCUT2D eigenvalue weighted by Gasteiger charge is 2.19. The summed E-state index contributed by atoms with van der Waals surface area (Å²) in [5.74, 6) is -0.866. The van der Waals surface area contributed by atoms with Crippen molar-refractivity contribution in [2.45, 2.75) is 322 Å². The fraction of sp³-hybridized carbons (Fsp3) is 0.754. The van der Waals surface area contributed by atoms with Crippen LogP contribution in [-0.4, -0.2) is 37.2 Å². The number of hydrogen-bond acceptors (Lipinski definition) is 6. The highest BCUT2D eigenvalue weighted by atomic mass is 16.6. The van der Waals surface area contributed by atoms with Crippen LogP contribution in [0.4, 0.5) is 0 Å². The summed E-state index contributed by atoms with van der Waals surface area (Å²) in [4.78, 5) is 38.2. The van der Waals surface area contributed by atoms with Gasteiger partial charge in [-0.15, -0.1) is 0 Å². The first-order chi connectivity index (χ1) is 37.0. The molecule has 1 atom stereocenters. The number of ether oxygens (including phenoxy) is 3. The zero-order chi connectivity index (χ0) is 54.3. The third kappa shape index (κ3) is 61.3. The Labute approximate surface area is 465 Å². The van der Waals surface area contributed by atoms with Crippen molar-refractivity contribution in [1.82, 2.24) is 0 Å². The zero-order valence-corrected chi connectivity index (χ0v) is 49.6. The van der Waals surface area contributed by atoms with Gasteiger partial charge in [0.2, 0.25) is 0 Å². The van der Waals surface area contributed by atoms with Gasteiger partial charge in [0.25, 0.3) is 0 Å². The molecular formula is C69H120O6. The lowest BCUT2D eigenvalue weighted by atomic mass is 10.0. The highest BCUT2D eigenvalue weighted by Crippen LogP contribution is 2.17. The van der Waals surface area contributed by atoms with Gasteiger partial charge in [-0.1, -0.05) is 305 Å². The third-order valence-electron chi connectivity index (χ3n) is 13.9. The van der Waals surface area contributed by atoms with Gasteiger partial charge in [0.1, 0.15) is 13.2 Å². The van der Waals surface area contributed by atoms with Gasteiger partial charge >= 0.3 is 17.9 Å². The first-order valence-electron chi connectivity index (χ1n) is 32.1. The first-order valence-corrected chi connectivity index (χ1v) is 32.1. The molecular weight excluding hydrogens is 925 g/mol. The molecule has 0 N–H and O–H groups in total. The van der Waals surface area contributed by atoms with E-state index in [4.69, 9.17) is 14.2 Å². The van der Waals surface area contributed by atoms with Crippen molar-refractivity contribution in [1.29, 1.82) is 0 Å². The number of hydrogen-bond donors (Lipinski definition) is 0. The lowest BCUT2D eigenvalue weighted by Crippen LogP contribution is -2.30. The molecule has 0 aliphatic rings. The van der Waals surface area contributed by atoms with Crippen LogP contribution in [0.5, 0.6) is 0 Å². The Morgan fingerprint density at radius 3 is 0.813 bits per heavy atom. The van der Waals surface area contributed by atoms with Crippen molar-refractivity contribution < 1.29 is 28.6 Å². The van der Waals surface area contributed by atoms with Crippen LogP contribution in [-0.2, 0) is 28.6 Å². The maximum absolute atomic E-state index is 12.9. The molecule has 0 spiro atoms. The molecule has 0 amide bonds. The average Bonchev–Trinajstić information content (AvgIpc) is 3.41. The molecule has 6 heteroatoms. The van der Waals surface area contributed by atoms with E-state index in [1.807, 2.05) is 0 Å². The number of allylic oxidation sites excluding steroid dienone is 14. The summed E-state index contributed by atoms with van der Waals surface area (Å²) < 4.78 is 16.9. The lowest BCUT2D eigenvalue weighted by Gasteiger charge is -2.18. The number of rotatable bonds is 58. The van der Waals surface area contributed by atoms with E-state index in [-0.39, 0.29) is 31.1 Å². The van der Waals surface area contributed by atoms with E-state index < -0.39 is 6.10 Å². The van der Waals surface area contributed by atoms with Gasteiger partial charge in [-0.2, -0.15) is 0 Å². The predicted octanol–water partition coefficient (Wildman–Crippen LogP) is 21.9. The van der Waals surface area contributed by atoms with Gasteiger partial charge < -0.3 is 14.2 Å². The molecule has 6 nitrogen and oxygen atoms in total. The first kappa shape index (κ1) is 71.6. The van der Waals surface area contributed by atoms with E-state index >= 15 is 0 Å². The highest BCUT2D eigenvalue weighted by molar-refractivity contribution is 5.71. The molecule has 0 radical (unpaired) electrons. The van der Waals surface area contributed by atoms with Gasteiger partial charge in [-0.05, 0) is 77.0 Å². The molecule has 432 valence electrons. The minimum Gasteiger partial charge on any atom is -0.462 e. The van der Waals surface area contributed by atoms with Crippen molar-refractivity contribution in [2.75, 3.05) is 13.2 Å². The van der Waals surface area contributed by atoms with Gasteiger partial charge in [0, 0.05) is 19.3 Å². The second-order valence-corrected chi connectivity index (χ2v) is 21.3. The van der Waals surface area contributed by atoms with Crippen molar-refractivity contribution in [3.05, 3.63) is 85.1 Å². The van der Waals surface area contributed by atoms with Crippen molar-refractivity contribution in [2.24, 2.45) is 0 Å². The molecule has 0 fully saturated rings. The summed E-state index contributed by atoms with van der Waals surface area (Å²) in [5, 5.41) is 0. The Morgan fingerprint density at radius 2 is 0.520 bits per heavy atom. The normalized spacial score (nSPS) is 12.6. The number of carbonyl (C=O) groups is 3. The van der Waals surface area contributed by atoms with Crippen LogP contribution in [0.25, 0.3) is 0 Å². The van der Waals surface area contributed by atoms with Gasteiger partial charge in [0.05, 0.1) is 0 Å². The van der Waals surface area contributed by atoms with Crippen molar-refractivity contribution >= 4 is 17.9 Å². The number of unbranched alkanes of at least 4 members (excludes halogenated alkanes) is 33. The lowest BCUT2D eigenvalue weighted by molar-refractivity contribution is -0.167. The van der Waals surface area contributed by atoms with Crippen LogP contribution >= 0.6 is 0 Å². The van der Waals surface area contributed by atoms with E-state index in [0.717, 1.165) is 109 Å². The Kier molecular flexibility index (Phi) is 60.3. The SMILES string of the molecule is CC/C=C\C/C=C\C/C=C\C/C=C\C/C=C\C/C=C\C/C=C\CCCCCCCCCCCC(=O)OCC(COC(=O)CCCCCCCCCCCCC)OC(=O)CCCCCCCCCCCCCCCCC. The maximum atomic E-state index is 12.9. The van der Waals surface area contributed by atoms with E-state index in [1.165, 1.54) is 167 Å². The summed E-state index contributed by atoms with van der Waals surface area (Å²) in [7, 11) is 0. The van der Waals surface area contributed by atoms with Crippen LogP contribution in [0.15, 0.2) is 85.1 Å². The third-order valence-corrected chi connectivity index (χ3v) is 13.9. The fourth-order valence-electron chi connectivity index (χ4n) is 9.13. The van der Waals surface area contributed by atoms with Crippen LogP contribution < -0.4 is 0 Å². The summed E-state index contributed by atoms with van der Waals surface area (Å²) in [6.07, 6.45) is 83.1. The summed E-state index contributed by atoms with van der Waals surface area (Å²) in [6, 6.07) is 0. The molecule has 0 saturated heterocycles. The van der Waals surface area contributed by atoms with Crippen LogP contribution in [0.3, 0.4) is 0 Å². The Morgan fingerprint density at radius 1 is 0.280 bits per heavy atom. The summed E-state index contributed by atoms with van der Waals surface area (Å²) in [6.45, 7) is 6.55. The van der Waals surface area contributed by atoms with E-state index in [1.54, 1.807) is 0 Å². The van der Waals surface area contributed by atoms with Crippen LogP contribution in [0, 0.1) is 0 Å². The molecule has 0 heterocycles. The second-order valence-electron chi connectivity index (χ2n) is 21.3. The minimum absolute atomic E-state index is 0.0729. The molecule has 0 aliphatic heterocycles. The predicted molar refractivity (Wildman–Crippen MR) is 325 cm³/mol. The standard InChI is InChI=1S/C69H120O6/c1-4-7-10-13-16-19-22-24-26-27-28-29-30-31-32-33-34-35-36-37-38-39-40-41-43-44-47-50-53-56-59-62-68(71)74-65-66(64-73-67(70)61-58-55-52-49-46-21-18-15-12-9-6-3)75-69(72)63-60-57-54-51-48-45-42-25-23-20-17-14-11-8-5-2/h7,10,16,19,24,26,28-29,31-32,34-35,37-38,66H,4-6,8-9,11-15,17-18,20-23,25,27,30,33,36,39-65H2,1-3H3/b10-7-,19-16-,26-24-,29-28-,32-31-,35-34-,38-37-. The van der Waals surface area contributed by atoms with Gasteiger partial charge in [0.15, 0.2) is 6.10 Å². The van der Waals surface area contributed by atoms with E-state index in [0.29, 0.717) is 19.3 Å². The quantitative estimate of drug-likeness (QED) is 0.0261. The van der Waals surface area contributed by atoms with Crippen molar-refractivity contribution in [3.8, 4) is 0 Å². The molecule has 75 heavy (non-hydrogen) atoms. The van der Waals surface area contributed by atoms with Crippen LogP contribution in [0.2, 0.25) is 0 Å². The Hall–Kier alpha value is -3.41. The van der Waals surface area contributed by atoms with Gasteiger partial charge in [-0.25, -0.2) is 0 Å². The monoisotopic (exact) mass is 1040 g/mol. The largest absolute Gasteiger partial charge is 0.462 e. The summed E-state index contributed by atoms with van der Waals surface area (Å²) >= 11 is 0. The Balaban J connectivity index is 4.21. The molecule has 0 aliphatic carbocycles. The Bertz CT molecular complexity index is 1430. The van der Waals surface area contributed by atoms with E-state index in [2.05, 4.69) is 106 Å². The van der Waals surface area contributed by atoms with Gasteiger partial charge in [-0.3, -0.25) is 14.4 Å². The maximum Gasteiger partial charge on any atom is 0.306 e. The van der Waals surface area contributed by atoms with Crippen molar-refractivity contribution in [3.63, 3.8) is 0 Å². The topological polar surface area (TPSA) is 78.9 Å². The second kappa shape index (κ2) is 63.1. The fourth-order valence-corrected chi connectivity index (χ4v) is 9.13. The average molecular weight is 1050 g/mol. The molecule has 0 bridgehead atoms. The molecule has 0 aromatic heterocycles. The summed E-state index contributed by atoms with van der Waals surface area (Å²) in [5.41, 5.74) is 0. The molecule has 0 aromatic carbocycles. The molecule has 0 aromatic rings. The smallest absolute Gasteiger partial charge is 0.306 e. The van der Waals surface area contributed by atoms with E-state index in [9.17, 15) is 14.4 Å². The minimum atomic E-state index is -0.775.